The number of nitrogens with two attached hydrogens (primary N) is 1. The number of nitrogens with one attached hydrogen (secondary N) is 2. The van der Waals surface area contributed by atoms with Crippen LogP contribution in [-0.2, 0) is 0 Å². The Balaban J connectivity index is 1.65. The van der Waals surface area contributed by atoms with E-state index >= 15 is 0 Å². The zero-order valence-corrected chi connectivity index (χ0v) is 19.5. The lowest BCUT2D eigenvalue weighted by molar-refractivity contribution is 0.246. The summed E-state index contributed by atoms with van der Waals surface area (Å²) in [6, 6.07) is 7.48. The molecule has 9 heteroatoms. The van der Waals surface area contributed by atoms with Crippen LogP contribution in [0.2, 0.25) is 0 Å². The molecule has 0 saturated heterocycles. The Labute approximate surface area is 197 Å². The van der Waals surface area contributed by atoms with Gasteiger partial charge in [0.25, 0.3) is 0 Å². The average molecular weight is 465 g/mol. The Kier molecular flexibility index (Phi) is 7.29. The maximum absolute atomic E-state index is 8.07. The van der Waals surface area contributed by atoms with Gasteiger partial charge in [-0.05, 0) is 36.6 Å². The fourth-order valence-corrected chi connectivity index (χ4v) is 4.74. The third-order valence-electron chi connectivity index (χ3n) is 5.85. The summed E-state index contributed by atoms with van der Waals surface area (Å²) in [6.45, 7) is 0.676. The molecule has 4 N–H and O–H groups in total. The number of hydrogen-bond donors (Lipinski definition) is 3. The van der Waals surface area contributed by atoms with Crippen molar-refractivity contribution < 1.29 is 9.47 Å². The molecule has 0 bridgehead atoms. The van der Waals surface area contributed by atoms with Gasteiger partial charge in [0, 0.05) is 18.0 Å². The Hall–Kier alpha value is -3.33. The molecular formula is C24H28N6O2S. The minimum absolute atomic E-state index is 0.0885. The van der Waals surface area contributed by atoms with Crippen LogP contribution in [0.15, 0.2) is 30.5 Å². The Morgan fingerprint density at radius 1 is 1.18 bits per heavy atom. The predicted octanol–water partition coefficient (Wildman–Crippen LogP) is 5.22. The highest BCUT2D eigenvalue weighted by atomic mass is 32.1. The molecule has 0 amide bonds. The van der Waals surface area contributed by atoms with E-state index in [1.807, 2.05) is 24.3 Å². The third-order valence-corrected chi connectivity index (χ3v) is 6.70. The molecule has 0 radical (unpaired) electrons. The normalized spacial score (nSPS) is 14.1. The highest BCUT2D eigenvalue weighted by molar-refractivity contribution is 7.18. The molecule has 2 heterocycles. The van der Waals surface area contributed by atoms with Gasteiger partial charge in [-0.25, -0.2) is 15.0 Å². The van der Waals surface area contributed by atoms with Gasteiger partial charge in [0.15, 0.2) is 11.0 Å². The van der Waals surface area contributed by atoms with Crippen molar-refractivity contribution in [1.29, 1.82) is 10.8 Å². The van der Waals surface area contributed by atoms with Gasteiger partial charge in [-0.3, -0.25) is 5.41 Å². The van der Waals surface area contributed by atoms with E-state index < -0.39 is 0 Å². The monoisotopic (exact) mass is 464 g/mol. The zero-order chi connectivity index (χ0) is 23.2. The van der Waals surface area contributed by atoms with Gasteiger partial charge in [-0.2, -0.15) is 0 Å². The lowest BCUT2D eigenvalue weighted by atomic mass is 9.87. The number of thiazole rings is 1. The maximum Gasteiger partial charge on any atom is 0.180 e. The minimum atomic E-state index is -0.0885. The Bertz CT molecular complexity index is 1140. The van der Waals surface area contributed by atoms with Gasteiger partial charge in [0.1, 0.15) is 17.2 Å². The van der Waals surface area contributed by atoms with Crippen LogP contribution in [0.5, 0.6) is 11.5 Å². The lowest BCUT2D eigenvalue weighted by Crippen LogP contribution is -2.11. The summed E-state index contributed by atoms with van der Waals surface area (Å²) in [6.07, 6.45) is 10.2. The Morgan fingerprint density at radius 3 is 2.67 bits per heavy atom. The molecule has 1 aliphatic carbocycles. The van der Waals surface area contributed by atoms with E-state index in [0.717, 1.165) is 34.7 Å². The van der Waals surface area contributed by atoms with Crippen LogP contribution in [0.25, 0.3) is 21.8 Å². The summed E-state index contributed by atoms with van der Waals surface area (Å²) in [4.78, 5) is 13.9. The first kappa shape index (κ1) is 22.8. The number of rotatable bonds is 9. The molecule has 1 aromatic carbocycles. The van der Waals surface area contributed by atoms with E-state index in [0.29, 0.717) is 28.9 Å². The summed E-state index contributed by atoms with van der Waals surface area (Å²) < 4.78 is 11.7. The van der Waals surface area contributed by atoms with Crippen molar-refractivity contribution in [3.63, 3.8) is 0 Å². The molecule has 2 aromatic heterocycles. The topological polar surface area (TPSA) is 131 Å². The van der Waals surface area contributed by atoms with E-state index in [2.05, 4.69) is 15.0 Å². The molecule has 172 valence electrons. The molecule has 3 aromatic rings. The molecule has 0 atom stereocenters. The van der Waals surface area contributed by atoms with Crippen molar-refractivity contribution in [2.45, 2.75) is 38.5 Å². The van der Waals surface area contributed by atoms with Crippen molar-refractivity contribution in [1.82, 2.24) is 15.0 Å². The number of methoxy groups -OCH3 is 1. The molecule has 1 saturated carbocycles. The molecular weight excluding hydrogens is 436 g/mol. The summed E-state index contributed by atoms with van der Waals surface area (Å²) in [5.74, 6) is 2.28. The van der Waals surface area contributed by atoms with Gasteiger partial charge in [-0.1, -0.05) is 43.4 Å². The van der Waals surface area contributed by atoms with Gasteiger partial charge < -0.3 is 20.6 Å². The minimum Gasteiger partial charge on any atom is -0.496 e. The predicted molar refractivity (Wildman–Crippen MR) is 132 cm³/mol. The van der Waals surface area contributed by atoms with Crippen LogP contribution < -0.4 is 15.2 Å². The van der Waals surface area contributed by atoms with Crippen LogP contribution in [0.3, 0.4) is 0 Å². The quantitative estimate of drug-likeness (QED) is 0.372. The fourth-order valence-electron chi connectivity index (χ4n) is 4.10. The van der Waals surface area contributed by atoms with Gasteiger partial charge in [0.05, 0.1) is 30.0 Å². The smallest absolute Gasteiger partial charge is 0.180 e. The molecule has 1 fully saturated rings. The molecule has 0 spiro atoms. The first-order valence-corrected chi connectivity index (χ1v) is 11.9. The second-order valence-electron chi connectivity index (χ2n) is 8.09. The number of aromatic nitrogens is 3. The second kappa shape index (κ2) is 10.5. The van der Waals surface area contributed by atoms with Crippen LogP contribution >= 0.6 is 11.3 Å². The van der Waals surface area contributed by atoms with E-state index in [9.17, 15) is 0 Å². The average Bonchev–Trinajstić information content (AvgIpc) is 3.30. The summed E-state index contributed by atoms with van der Waals surface area (Å²) >= 11 is 1.30. The van der Waals surface area contributed by atoms with Crippen molar-refractivity contribution in [3.05, 3.63) is 36.3 Å². The number of ether oxygens (including phenoxy) is 2. The molecule has 8 nitrogen and oxygen atoms in total. The van der Waals surface area contributed by atoms with Crippen molar-refractivity contribution >= 4 is 28.4 Å². The maximum atomic E-state index is 8.07. The first-order valence-electron chi connectivity index (χ1n) is 11.1. The SMILES string of the molecule is COc1ccc(OCCC2CCCCC2)cc1-c1cc(-c2cnc(N)s2)nc(C(=N)C=N)n1. The third kappa shape index (κ3) is 5.54. The molecule has 33 heavy (non-hydrogen) atoms. The number of nitrogen functional groups attached to an aromatic ring is 1. The van der Waals surface area contributed by atoms with E-state index in [-0.39, 0.29) is 11.5 Å². The number of hydrogen-bond acceptors (Lipinski definition) is 9. The lowest BCUT2D eigenvalue weighted by Gasteiger charge is -2.21. The van der Waals surface area contributed by atoms with E-state index in [1.165, 1.54) is 43.4 Å². The molecule has 4 rings (SSSR count). The number of benzene rings is 1. The largest absolute Gasteiger partial charge is 0.496 e. The van der Waals surface area contributed by atoms with Crippen molar-refractivity contribution in [2.24, 2.45) is 5.92 Å². The zero-order valence-electron chi connectivity index (χ0n) is 18.6. The fraction of sp³-hybridized carbons (Fsp3) is 0.375. The van der Waals surface area contributed by atoms with Crippen molar-refractivity contribution in [2.75, 3.05) is 19.5 Å². The molecule has 1 aliphatic rings. The molecule has 0 aliphatic heterocycles. The van der Waals surface area contributed by atoms with Crippen LogP contribution in [-0.4, -0.2) is 40.6 Å². The Morgan fingerprint density at radius 2 is 1.97 bits per heavy atom. The van der Waals surface area contributed by atoms with E-state index in [4.69, 9.17) is 26.0 Å². The summed E-state index contributed by atoms with van der Waals surface area (Å²) in [5.41, 5.74) is 7.60. The van der Waals surface area contributed by atoms with Gasteiger partial charge >= 0.3 is 0 Å². The van der Waals surface area contributed by atoms with Crippen LogP contribution in [0, 0.1) is 16.7 Å². The first-order chi connectivity index (χ1) is 16.1. The van der Waals surface area contributed by atoms with Crippen molar-refractivity contribution in [3.8, 4) is 33.3 Å². The number of anilines is 1. The van der Waals surface area contributed by atoms with Gasteiger partial charge in [0.2, 0.25) is 0 Å². The summed E-state index contributed by atoms with van der Waals surface area (Å²) in [7, 11) is 1.61. The van der Waals surface area contributed by atoms with Crippen LogP contribution in [0.4, 0.5) is 5.13 Å². The highest BCUT2D eigenvalue weighted by Crippen LogP contribution is 2.35. The second-order valence-corrected chi connectivity index (χ2v) is 9.15. The number of nitrogens with zero attached hydrogens (tertiary/aromatic N) is 3. The molecule has 0 unspecified atom stereocenters. The highest BCUT2D eigenvalue weighted by Gasteiger charge is 2.17. The summed E-state index contributed by atoms with van der Waals surface area (Å²) in [5, 5.41) is 16.0. The van der Waals surface area contributed by atoms with E-state index in [1.54, 1.807) is 13.3 Å². The van der Waals surface area contributed by atoms with Crippen LogP contribution in [0.1, 0.15) is 44.3 Å². The standard InChI is InChI=1S/C24H28N6O2S/c1-31-21-8-7-16(32-10-9-15-5-3-2-4-6-15)11-17(21)19-12-20(22-14-28-24(27)33-22)30-23(29-19)18(26)13-25/h7-8,11-15,25-26H,2-6,9-10H2,1H3,(H2,27,28). The van der Waals surface area contributed by atoms with Gasteiger partial charge in [-0.15, -0.1) is 0 Å².